The molecule has 1 saturated carbocycles. The van der Waals surface area contributed by atoms with Gasteiger partial charge in [-0.25, -0.2) is 4.98 Å². The molecule has 0 unspecified atom stereocenters. The topological polar surface area (TPSA) is 68.0 Å². The lowest BCUT2D eigenvalue weighted by atomic mass is 10.3. The Hall–Kier alpha value is -2.19. The molecule has 0 saturated heterocycles. The highest BCUT2D eigenvalue weighted by atomic mass is 32.2. The van der Waals surface area contributed by atoms with Gasteiger partial charge in [-0.3, -0.25) is 0 Å². The number of anilines is 1. The number of nitrogens with one attached hydrogen (secondary N) is 1. The third kappa shape index (κ3) is 2.61. The van der Waals surface area contributed by atoms with E-state index in [9.17, 15) is 0 Å². The zero-order valence-corrected chi connectivity index (χ0v) is 14.6. The molecule has 0 amide bonds. The molecule has 3 heterocycles. The van der Waals surface area contributed by atoms with Crippen molar-refractivity contribution in [2.24, 2.45) is 0 Å². The van der Waals surface area contributed by atoms with E-state index >= 15 is 0 Å². The molecular formula is C16H14N6S2. The number of hydrogen-bond acceptors (Lipinski definition) is 7. The van der Waals surface area contributed by atoms with Crippen molar-refractivity contribution in [2.75, 3.05) is 5.32 Å². The van der Waals surface area contributed by atoms with Gasteiger partial charge in [0.05, 0.1) is 15.9 Å². The van der Waals surface area contributed by atoms with Gasteiger partial charge in [-0.2, -0.15) is 9.61 Å². The van der Waals surface area contributed by atoms with Crippen LogP contribution in [0.5, 0.6) is 0 Å². The van der Waals surface area contributed by atoms with Gasteiger partial charge in [0.1, 0.15) is 0 Å². The molecule has 4 aromatic rings. The summed E-state index contributed by atoms with van der Waals surface area (Å²) in [6.07, 6.45) is 2.51. The summed E-state index contributed by atoms with van der Waals surface area (Å²) >= 11 is 3.27. The smallest absolute Gasteiger partial charge is 0.217 e. The van der Waals surface area contributed by atoms with Crippen LogP contribution >= 0.6 is 23.1 Å². The quantitative estimate of drug-likeness (QED) is 0.602. The van der Waals surface area contributed by atoms with Crippen LogP contribution in [0.2, 0.25) is 0 Å². The molecular weight excluding hydrogens is 340 g/mol. The number of aromatic nitrogens is 5. The van der Waals surface area contributed by atoms with E-state index in [0.29, 0.717) is 6.04 Å². The normalized spacial score (nSPS) is 14.5. The van der Waals surface area contributed by atoms with Crippen molar-refractivity contribution < 1.29 is 0 Å². The Morgan fingerprint density at radius 1 is 1.21 bits per heavy atom. The van der Waals surface area contributed by atoms with Crippen molar-refractivity contribution in [1.82, 2.24) is 24.8 Å². The van der Waals surface area contributed by atoms with Gasteiger partial charge in [-0.15, -0.1) is 10.2 Å². The molecule has 0 aliphatic heterocycles. The summed E-state index contributed by atoms with van der Waals surface area (Å²) in [6, 6.07) is 10.8. The molecule has 1 N–H and O–H groups in total. The van der Waals surface area contributed by atoms with Gasteiger partial charge in [0, 0.05) is 10.9 Å². The van der Waals surface area contributed by atoms with Gasteiger partial charge in [0.15, 0.2) is 10.8 Å². The van der Waals surface area contributed by atoms with E-state index < -0.39 is 0 Å². The van der Waals surface area contributed by atoms with Crippen LogP contribution in [-0.4, -0.2) is 30.8 Å². The first-order chi connectivity index (χ1) is 11.7. The summed E-state index contributed by atoms with van der Waals surface area (Å²) in [5.41, 5.74) is 2.74. The maximum atomic E-state index is 4.65. The Labute approximate surface area is 146 Å². The zero-order chi connectivity index (χ0) is 16.1. The van der Waals surface area contributed by atoms with E-state index in [0.717, 1.165) is 32.0 Å². The van der Waals surface area contributed by atoms with E-state index in [4.69, 9.17) is 0 Å². The van der Waals surface area contributed by atoms with Crippen LogP contribution in [0.25, 0.3) is 15.9 Å². The molecule has 1 aromatic carbocycles. The molecule has 3 aromatic heterocycles. The van der Waals surface area contributed by atoms with E-state index in [1.165, 1.54) is 17.5 Å². The fraction of sp³-hybridized carbons (Fsp3) is 0.250. The van der Waals surface area contributed by atoms with Gasteiger partial charge in [-0.05, 0) is 61.9 Å². The van der Waals surface area contributed by atoms with Crippen molar-refractivity contribution in [3.63, 3.8) is 0 Å². The number of aryl methyl sites for hydroxylation is 1. The van der Waals surface area contributed by atoms with Crippen LogP contribution in [-0.2, 0) is 0 Å². The standard InChI is InChI=1S/C16H14N6S2/c1-9-2-7-14-19-20-16(22(14)21-9)23-11-5-6-12-13(8-11)24-15(18-12)17-10-3-4-10/h2,5-8,10H,3-4H2,1H3,(H,17,18). The number of rotatable bonds is 4. The SMILES string of the molecule is Cc1ccc2nnc(Sc3ccc4nc(NC5CC5)sc4c3)n2n1. The Morgan fingerprint density at radius 2 is 2.12 bits per heavy atom. The molecule has 1 aliphatic carbocycles. The lowest BCUT2D eigenvalue weighted by Gasteiger charge is -2.00. The number of fused-ring (bicyclic) bond motifs is 2. The highest BCUT2D eigenvalue weighted by Gasteiger charge is 2.22. The minimum Gasteiger partial charge on any atom is -0.359 e. The van der Waals surface area contributed by atoms with E-state index in [-0.39, 0.29) is 0 Å². The zero-order valence-electron chi connectivity index (χ0n) is 12.9. The fourth-order valence-electron chi connectivity index (χ4n) is 2.46. The second-order valence-electron chi connectivity index (χ2n) is 5.90. The molecule has 0 radical (unpaired) electrons. The average Bonchev–Trinajstić information content (AvgIpc) is 3.16. The Morgan fingerprint density at radius 3 is 3.00 bits per heavy atom. The van der Waals surface area contributed by atoms with Crippen LogP contribution in [0.3, 0.4) is 0 Å². The van der Waals surface area contributed by atoms with Crippen LogP contribution in [0.4, 0.5) is 5.13 Å². The van der Waals surface area contributed by atoms with Crippen molar-refractivity contribution in [3.05, 3.63) is 36.0 Å². The minimum absolute atomic E-state index is 0.621. The summed E-state index contributed by atoms with van der Waals surface area (Å²) in [7, 11) is 0. The first kappa shape index (κ1) is 14.2. The van der Waals surface area contributed by atoms with Crippen molar-refractivity contribution >= 4 is 44.1 Å². The van der Waals surface area contributed by atoms with E-state index in [2.05, 4.69) is 43.8 Å². The third-order valence-corrected chi connectivity index (χ3v) is 5.72. The lowest BCUT2D eigenvalue weighted by molar-refractivity contribution is 0.792. The number of thiazole rings is 1. The number of nitrogens with zero attached hydrogens (tertiary/aromatic N) is 5. The van der Waals surface area contributed by atoms with Crippen LogP contribution in [0.1, 0.15) is 18.5 Å². The predicted octanol–water partition coefficient (Wildman–Crippen LogP) is 3.77. The largest absolute Gasteiger partial charge is 0.359 e. The third-order valence-electron chi connectivity index (χ3n) is 3.84. The maximum Gasteiger partial charge on any atom is 0.217 e. The monoisotopic (exact) mass is 354 g/mol. The Bertz CT molecular complexity index is 1050. The first-order valence-electron chi connectivity index (χ1n) is 7.79. The minimum atomic E-state index is 0.621. The maximum absolute atomic E-state index is 4.65. The molecule has 1 fully saturated rings. The highest BCUT2D eigenvalue weighted by molar-refractivity contribution is 7.99. The summed E-state index contributed by atoms with van der Waals surface area (Å²) in [5.74, 6) is 0. The molecule has 0 bridgehead atoms. The molecule has 5 rings (SSSR count). The molecule has 120 valence electrons. The number of hydrogen-bond donors (Lipinski definition) is 1. The molecule has 1 aliphatic rings. The van der Waals surface area contributed by atoms with Gasteiger partial charge in [-0.1, -0.05) is 11.3 Å². The van der Waals surface area contributed by atoms with Crippen molar-refractivity contribution in [1.29, 1.82) is 0 Å². The van der Waals surface area contributed by atoms with Crippen LogP contribution < -0.4 is 5.32 Å². The van der Waals surface area contributed by atoms with Crippen LogP contribution in [0.15, 0.2) is 40.4 Å². The van der Waals surface area contributed by atoms with Crippen LogP contribution in [0, 0.1) is 6.92 Å². The first-order valence-corrected chi connectivity index (χ1v) is 9.42. The van der Waals surface area contributed by atoms with Gasteiger partial charge in [0.25, 0.3) is 0 Å². The number of benzene rings is 1. The van der Waals surface area contributed by atoms with Gasteiger partial charge < -0.3 is 5.32 Å². The molecule has 0 spiro atoms. The Kier molecular flexibility index (Phi) is 3.20. The highest BCUT2D eigenvalue weighted by Crippen LogP contribution is 2.34. The molecule has 6 nitrogen and oxygen atoms in total. The van der Waals surface area contributed by atoms with Gasteiger partial charge in [0.2, 0.25) is 5.16 Å². The summed E-state index contributed by atoms with van der Waals surface area (Å²) in [5, 5.41) is 18.2. The van der Waals surface area contributed by atoms with Crippen molar-refractivity contribution in [3.8, 4) is 0 Å². The second-order valence-corrected chi connectivity index (χ2v) is 7.97. The molecule has 0 atom stereocenters. The summed E-state index contributed by atoms with van der Waals surface area (Å²) in [6.45, 7) is 1.96. The van der Waals surface area contributed by atoms with Crippen molar-refractivity contribution in [2.45, 2.75) is 35.9 Å². The fourth-order valence-corrected chi connectivity index (χ4v) is 4.35. The summed E-state index contributed by atoms with van der Waals surface area (Å²) < 4.78 is 2.97. The lowest BCUT2D eigenvalue weighted by Crippen LogP contribution is -1.99. The van der Waals surface area contributed by atoms with Gasteiger partial charge >= 0.3 is 0 Å². The summed E-state index contributed by atoms with van der Waals surface area (Å²) in [4.78, 5) is 5.76. The molecule has 24 heavy (non-hydrogen) atoms. The average molecular weight is 354 g/mol. The Balaban J connectivity index is 1.47. The van der Waals surface area contributed by atoms with E-state index in [1.807, 2.05) is 19.1 Å². The molecule has 8 heteroatoms. The second kappa shape index (κ2) is 5.42. The van der Waals surface area contributed by atoms with E-state index in [1.54, 1.807) is 27.6 Å². The predicted molar refractivity (Wildman–Crippen MR) is 95.9 cm³/mol.